The van der Waals surface area contributed by atoms with Gasteiger partial charge in [-0.2, -0.15) is 0 Å². The summed E-state index contributed by atoms with van der Waals surface area (Å²) in [6, 6.07) is 14.0. The van der Waals surface area contributed by atoms with Crippen LogP contribution in [0.2, 0.25) is 0 Å². The lowest BCUT2D eigenvalue weighted by Gasteiger charge is -2.46. The van der Waals surface area contributed by atoms with E-state index in [4.69, 9.17) is 33.4 Å². The molecule has 2 aromatic carbocycles. The van der Waals surface area contributed by atoms with Crippen LogP contribution < -0.4 is 9.47 Å². The lowest BCUT2D eigenvalue weighted by molar-refractivity contribution is -0.226. The van der Waals surface area contributed by atoms with E-state index < -0.39 is 47.0 Å². The highest BCUT2D eigenvalue weighted by Crippen LogP contribution is 2.48. The minimum Gasteiger partial charge on any atom is -0.497 e. The van der Waals surface area contributed by atoms with Gasteiger partial charge >= 0.3 is 12.1 Å². The van der Waals surface area contributed by atoms with Gasteiger partial charge in [0, 0.05) is 7.05 Å². The third kappa shape index (κ3) is 7.35. The van der Waals surface area contributed by atoms with Gasteiger partial charge in [0.25, 0.3) is 0 Å². The molecule has 4 rings (SSSR count). The molecular formula is C30H38N2O9S. The van der Waals surface area contributed by atoms with Crippen LogP contribution in [0.5, 0.6) is 11.5 Å². The molecule has 2 aliphatic rings. The summed E-state index contributed by atoms with van der Waals surface area (Å²) in [5.41, 5.74) is 0.962. The fourth-order valence-corrected chi connectivity index (χ4v) is 5.79. The maximum absolute atomic E-state index is 12.8. The number of carbonyl (C=O) groups is 2. The topological polar surface area (TPSA) is 125 Å². The van der Waals surface area contributed by atoms with E-state index in [0.717, 1.165) is 22.9 Å². The third-order valence-corrected chi connectivity index (χ3v) is 8.08. The van der Waals surface area contributed by atoms with Gasteiger partial charge in [0.15, 0.2) is 11.3 Å². The number of carbonyl (C=O) groups excluding carboxylic acids is 1. The highest BCUT2D eigenvalue weighted by molar-refractivity contribution is 8.15. The Morgan fingerprint density at radius 1 is 0.952 bits per heavy atom. The molecular weight excluding hydrogens is 564 g/mol. The van der Waals surface area contributed by atoms with Crippen LogP contribution in [-0.2, 0) is 37.0 Å². The number of rotatable bonds is 9. The Bertz CT molecular complexity index is 1280. The van der Waals surface area contributed by atoms with Gasteiger partial charge in [-0.05, 0) is 63.1 Å². The van der Waals surface area contributed by atoms with Crippen LogP contribution in [0.4, 0.5) is 4.79 Å². The number of benzene rings is 2. The number of hydrogen-bond donors (Lipinski definition) is 1. The molecule has 1 fully saturated rings. The number of methoxy groups -OCH3 is 2. The standard InChI is InChI=1S/C30H38N2O9S/c1-29(2,3)41-28(35)32(5)27-31-25-23(39-17-19-10-14-21(37-7)15-11-19)22(24(26(33)34)40-30(25,4)42-27)38-16-18-8-12-20(36-6)13-9-18/h8-15,22-25H,16-17H2,1-7H3,(H,33,34)/t22-,23-,24-,25+,30+/m0/s1. The molecule has 12 heteroatoms. The predicted octanol–water partition coefficient (Wildman–Crippen LogP) is 4.71. The maximum atomic E-state index is 12.8. The lowest BCUT2D eigenvalue weighted by atomic mass is 9.92. The van der Waals surface area contributed by atoms with E-state index in [9.17, 15) is 14.7 Å². The molecule has 2 heterocycles. The molecule has 1 amide bonds. The van der Waals surface area contributed by atoms with Crippen molar-refractivity contribution in [2.45, 2.75) is 75.8 Å². The van der Waals surface area contributed by atoms with Gasteiger partial charge in [0.05, 0.1) is 27.4 Å². The predicted molar refractivity (Wildman–Crippen MR) is 157 cm³/mol. The number of aliphatic imine (C=N–C) groups is 1. The second-order valence-corrected chi connectivity index (χ2v) is 12.5. The molecule has 2 aromatic rings. The molecule has 2 aliphatic heterocycles. The van der Waals surface area contributed by atoms with E-state index in [1.165, 1.54) is 4.90 Å². The van der Waals surface area contributed by atoms with Crippen molar-refractivity contribution in [2.75, 3.05) is 21.3 Å². The van der Waals surface area contributed by atoms with E-state index in [-0.39, 0.29) is 13.2 Å². The van der Waals surface area contributed by atoms with Crippen molar-refractivity contribution < 1.29 is 43.1 Å². The van der Waals surface area contributed by atoms with E-state index in [2.05, 4.69) is 0 Å². The van der Waals surface area contributed by atoms with E-state index in [1.807, 2.05) is 36.4 Å². The van der Waals surface area contributed by atoms with Crippen molar-refractivity contribution in [3.05, 3.63) is 59.7 Å². The number of aliphatic carboxylic acids is 1. The molecule has 0 radical (unpaired) electrons. The molecule has 0 unspecified atom stereocenters. The summed E-state index contributed by atoms with van der Waals surface area (Å²) in [4.78, 5) is 30.3. The van der Waals surface area contributed by atoms with Gasteiger partial charge < -0.3 is 33.5 Å². The first-order valence-electron chi connectivity index (χ1n) is 13.5. The van der Waals surface area contributed by atoms with Crippen LogP contribution in [0.1, 0.15) is 38.8 Å². The number of thioether (sulfide) groups is 1. The monoisotopic (exact) mass is 602 g/mol. The normalized spacial score (nSPS) is 25.3. The molecule has 0 bridgehead atoms. The molecule has 0 spiro atoms. The second kappa shape index (κ2) is 12.9. The van der Waals surface area contributed by atoms with Gasteiger partial charge in [0.2, 0.25) is 0 Å². The van der Waals surface area contributed by atoms with E-state index >= 15 is 0 Å². The number of ether oxygens (including phenoxy) is 6. The van der Waals surface area contributed by atoms with Gasteiger partial charge in [0.1, 0.15) is 40.3 Å². The number of amides is 1. The number of hydrogen-bond acceptors (Lipinski definition) is 10. The molecule has 1 saturated heterocycles. The van der Waals surface area contributed by atoms with Crippen LogP contribution in [-0.4, -0.2) is 83.4 Å². The Morgan fingerprint density at radius 3 is 1.90 bits per heavy atom. The van der Waals surface area contributed by atoms with Crippen molar-refractivity contribution in [2.24, 2.45) is 4.99 Å². The Labute approximate surface area is 250 Å². The van der Waals surface area contributed by atoms with Crippen molar-refractivity contribution in [3.8, 4) is 11.5 Å². The van der Waals surface area contributed by atoms with Gasteiger partial charge in [-0.3, -0.25) is 9.89 Å². The number of carboxylic acid groups (broad SMARTS) is 1. The summed E-state index contributed by atoms with van der Waals surface area (Å²) in [6.45, 7) is 7.34. The van der Waals surface area contributed by atoms with Gasteiger partial charge in [-0.15, -0.1) is 0 Å². The zero-order chi connectivity index (χ0) is 30.7. The zero-order valence-electron chi connectivity index (χ0n) is 24.9. The minimum atomic E-state index is -1.36. The highest BCUT2D eigenvalue weighted by atomic mass is 32.2. The molecule has 1 N–H and O–H groups in total. The summed E-state index contributed by atoms with van der Waals surface area (Å²) in [5, 5.41) is 10.6. The third-order valence-electron chi connectivity index (χ3n) is 6.78. The van der Waals surface area contributed by atoms with Crippen LogP contribution in [0.25, 0.3) is 0 Å². The largest absolute Gasteiger partial charge is 0.497 e. The Balaban J connectivity index is 1.65. The van der Waals surface area contributed by atoms with Crippen molar-refractivity contribution >= 4 is 29.0 Å². The average Bonchev–Trinajstić information content (AvgIpc) is 3.31. The van der Waals surface area contributed by atoms with Crippen molar-refractivity contribution in [1.29, 1.82) is 0 Å². The second-order valence-electron chi connectivity index (χ2n) is 11.1. The maximum Gasteiger partial charge on any atom is 0.416 e. The number of amidine groups is 1. The van der Waals surface area contributed by atoms with Crippen molar-refractivity contribution in [3.63, 3.8) is 0 Å². The highest BCUT2D eigenvalue weighted by Gasteiger charge is 2.60. The van der Waals surface area contributed by atoms with Gasteiger partial charge in [-0.1, -0.05) is 36.0 Å². The number of carboxylic acids is 1. The Morgan fingerprint density at radius 2 is 1.45 bits per heavy atom. The molecule has 11 nitrogen and oxygen atoms in total. The van der Waals surface area contributed by atoms with Crippen LogP contribution in [0.15, 0.2) is 53.5 Å². The zero-order valence-corrected chi connectivity index (χ0v) is 25.7. The lowest BCUT2D eigenvalue weighted by Crippen LogP contribution is -2.63. The fraction of sp³-hybridized carbons (Fsp3) is 0.500. The summed E-state index contributed by atoms with van der Waals surface area (Å²) < 4.78 is 34.9. The quantitative estimate of drug-likeness (QED) is 0.431. The average molecular weight is 603 g/mol. The smallest absolute Gasteiger partial charge is 0.416 e. The first-order chi connectivity index (χ1) is 19.8. The van der Waals surface area contributed by atoms with E-state index in [1.54, 1.807) is 61.1 Å². The first kappa shape index (κ1) is 31.6. The summed E-state index contributed by atoms with van der Waals surface area (Å²) in [6.07, 6.45) is -3.80. The molecule has 228 valence electrons. The van der Waals surface area contributed by atoms with Crippen LogP contribution >= 0.6 is 11.8 Å². The van der Waals surface area contributed by atoms with E-state index in [0.29, 0.717) is 16.7 Å². The molecule has 0 aromatic heterocycles. The Hall–Kier alpha value is -3.32. The summed E-state index contributed by atoms with van der Waals surface area (Å²) in [7, 11) is 4.73. The minimum absolute atomic E-state index is 0.106. The molecule has 42 heavy (non-hydrogen) atoms. The number of nitrogens with zero attached hydrogens (tertiary/aromatic N) is 2. The van der Waals surface area contributed by atoms with Crippen LogP contribution in [0.3, 0.4) is 0 Å². The first-order valence-corrected chi connectivity index (χ1v) is 14.3. The summed E-state index contributed by atoms with van der Waals surface area (Å²) in [5.74, 6) is 0.205. The van der Waals surface area contributed by atoms with Gasteiger partial charge in [-0.25, -0.2) is 9.59 Å². The fourth-order valence-electron chi connectivity index (χ4n) is 4.59. The summed E-state index contributed by atoms with van der Waals surface area (Å²) >= 11 is 1.15. The Kier molecular flexibility index (Phi) is 9.71. The molecule has 5 atom stereocenters. The number of fused-ring (bicyclic) bond motifs is 1. The van der Waals surface area contributed by atoms with Crippen LogP contribution in [0, 0.1) is 0 Å². The SMILES string of the molecule is COc1ccc(CO[C@H]2[C@H](OCc3ccc(OC)cc3)[C@H]3N=C(N(C)C(=O)OC(C)(C)C)S[C@@]3(C)O[C@@H]2C(=O)O)cc1. The van der Waals surface area contributed by atoms with Crippen molar-refractivity contribution in [1.82, 2.24) is 4.90 Å². The molecule has 0 aliphatic carbocycles. The molecule has 0 saturated carbocycles.